The third-order valence-corrected chi connectivity index (χ3v) is 13.0. The van der Waals surface area contributed by atoms with Crippen molar-refractivity contribution in [2.45, 2.75) is 36.1 Å². The summed E-state index contributed by atoms with van der Waals surface area (Å²) in [7, 11) is 0. The van der Waals surface area contributed by atoms with Gasteiger partial charge in [0.1, 0.15) is 87.3 Å². The first-order valence-corrected chi connectivity index (χ1v) is 21.8. The van der Waals surface area contributed by atoms with Crippen LogP contribution in [0.1, 0.15) is 97.3 Å². The Morgan fingerprint density at radius 2 is 0.706 bits per heavy atom. The maximum absolute atomic E-state index is 11.5. The van der Waals surface area contributed by atoms with Gasteiger partial charge in [-0.3, -0.25) is 0 Å². The second-order valence-electron chi connectivity index (χ2n) is 17.4. The Hall–Kier alpha value is -8.90. The van der Waals surface area contributed by atoms with Crippen LogP contribution in [0.15, 0.2) is 152 Å². The lowest BCUT2D eigenvalue weighted by atomic mass is 9.76. The van der Waals surface area contributed by atoms with Crippen molar-refractivity contribution in [1.82, 2.24) is 0 Å². The summed E-state index contributed by atoms with van der Waals surface area (Å²) in [5.74, 6) is -0.981. The normalized spacial score (nSPS) is 20.0. The second kappa shape index (κ2) is 16.2. The summed E-state index contributed by atoms with van der Waals surface area (Å²) < 4.78 is 20.0. The van der Waals surface area contributed by atoms with E-state index in [4.69, 9.17) is 14.2 Å². The van der Waals surface area contributed by atoms with Gasteiger partial charge in [-0.1, -0.05) is 54.6 Å². The van der Waals surface area contributed by atoms with E-state index in [9.17, 15) is 46.0 Å². The molecule has 0 amide bonds. The van der Waals surface area contributed by atoms with Crippen LogP contribution in [-0.2, 0) is 0 Å². The van der Waals surface area contributed by atoms with Gasteiger partial charge in [0.15, 0.2) is 0 Å². The SMILES string of the molecule is Oc1ccc([C@H]2Oc3cc(O)cc(C=Cc4ccc5c(c4)[C@@H](c4cc(O)cc6c4[C@H](c4cc(O)cc(O)c4)[C@@H](c4ccc(O)cc4)O6)[C@H](c4ccc(O)cc4)O5)c3[C@@H]2c2cc(O)cc(O)c2)cc1. The zero-order valence-electron chi connectivity index (χ0n) is 35.8. The predicted molar refractivity (Wildman–Crippen MR) is 251 cm³/mol. The van der Waals surface area contributed by atoms with Crippen LogP contribution in [-0.4, -0.2) is 46.0 Å². The highest BCUT2D eigenvalue weighted by atomic mass is 16.5. The molecule has 6 atom stereocenters. The van der Waals surface area contributed by atoms with Crippen LogP contribution in [0.4, 0.5) is 0 Å². The molecule has 12 heteroatoms. The quantitative estimate of drug-likeness (QED) is 0.0652. The van der Waals surface area contributed by atoms with E-state index in [0.717, 1.165) is 22.3 Å². The Morgan fingerprint density at radius 3 is 1.21 bits per heavy atom. The Balaban J connectivity index is 1.05. The molecule has 0 saturated heterocycles. The average Bonchev–Trinajstić information content (AvgIpc) is 4.00. The van der Waals surface area contributed by atoms with E-state index in [0.29, 0.717) is 56.2 Å². The molecule has 12 nitrogen and oxygen atoms in total. The van der Waals surface area contributed by atoms with Gasteiger partial charge in [0, 0.05) is 41.0 Å². The number of phenols is 9. The summed E-state index contributed by atoms with van der Waals surface area (Å²) in [6.45, 7) is 0. The first-order valence-electron chi connectivity index (χ1n) is 21.8. The number of phenolic OH excluding ortho intramolecular Hbond substituents is 9. The van der Waals surface area contributed by atoms with Crippen molar-refractivity contribution >= 4 is 12.2 Å². The van der Waals surface area contributed by atoms with E-state index >= 15 is 0 Å². The van der Waals surface area contributed by atoms with Gasteiger partial charge >= 0.3 is 0 Å². The van der Waals surface area contributed by atoms with Gasteiger partial charge in [0.05, 0.1) is 17.8 Å². The molecule has 9 N–H and O–H groups in total. The van der Waals surface area contributed by atoms with E-state index in [-0.39, 0.29) is 51.7 Å². The van der Waals surface area contributed by atoms with Crippen molar-refractivity contribution < 1.29 is 60.2 Å². The third-order valence-electron chi connectivity index (χ3n) is 13.0. The lowest BCUT2D eigenvalue weighted by Gasteiger charge is -2.26. The van der Waals surface area contributed by atoms with E-state index in [1.54, 1.807) is 109 Å². The lowest BCUT2D eigenvalue weighted by molar-refractivity contribution is 0.220. The van der Waals surface area contributed by atoms with E-state index < -0.39 is 36.1 Å². The summed E-state index contributed by atoms with van der Waals surface area (Å²) in [6.07, 6.45) is 1.69. The predicted octanol–water partition coefficient (Wildman–Crippen LogP) is 11.0. The third kappa shape index (κ3) is 7.47. The molecule has 11 rings (SSSR count). The molecular formula is C56H42O12. The molecule has 338 valence electrons. The minimum atomic E-state index is -0.718. The molecule has 0 aliphatic carbocycles. The summed E-state index contributed by atoms with van der Waals surface area (Å²) in [4.78, 5) is 0. The van der Waals surface area contributed by atoms with Crippen molar-refractivity contribution in [3.63, 3.8) is 0 Å². The highest BCUT2D eigenvalue weighted by Crippen LogP contribution is 2.59. The highest BCUT2D eigenvalue weighted by Gasteiger charge is 2.46. The van der Waals surface area contributed by atoms with E-state index in [1.165, 1.54) is 24.3 Å². The molecule has 0 bridgehead atoms. The zero-order chi connectivity index (χ0) is 47.0. The van der Waals surface area contributed by atoms with Crippen molar-refractivity contribution in [1.29, 1.82) is 0 Å². The van der Waals surface area contributed by atoms with Crippen LogP contribution in [0.2, 0.25) is 0 Å². The van der Waals surface area contributed by atoms with Gasteiger partial charge in [-0.05, 0) is 129 Å². The van der Waals surface area contributed by atoms with Crippen LogP contribution in [0.3, 0.4) is 0 Å². The van der Waals surface area contributed by atoms with E-state index in [2.05, 4.69) is 0 Å². The molecule has 0 radical (unpaired) electrons. The lowest BCUT2D eigenvalue weighted by Crippen LogP contribution is -2.16. The summed E-state index contributed by atoms with van der Waals surface area (Å²) >= 11 is 0. The summed E-state index contributed by atoms with van der Waals surface area (Å²) in [5, 5.41) is 96.0. The first-order chi connectivity index (χ1) is 32.8. The van der Waals surface area contributed by atoms with Crippen molar-refractivity contribution in [2.75, 3.05) is 0 Å². The number of aromatic hydroxyl groups is 9. The second-order valence-corrected chi connectivity index (χ2v) is 17.4. The maximum Gasteiger partial charge on any atom is 0.135 e. The zero-order valence-corrected chi connectivity index (χ0v) is 35.8. The van der Waals surface area contributed by atoms with Gasteiger partial charge in [-0.15, -0.1) is 0 Å². The molecule has 0 unspecified atom stereocenters. The molecule has 8 aromatic rings. The Kier molecular flexibility index (Phi) is 9.96. The van der Waals surface area contributed by atoms with E-state index in [1.807, 2.05) is 30.4 Å². The van der Waals surface area contributed by atoms with Crippen LogP contribution >= 0.6 is 0 Å². The molecule has 0 saturated carbocycles. The molecule has 68 heavy (non-hydrogen) atoms. The van der Waals surface area contributed by atoms with Crippen LogP contribution in [0.25, 0.3) is 12.2 Å². The largest absolute Gasteiger partial charge is 0.508 e. The molecule has 8 aromatic carbocycles. The Morgan fingerprint density at radius 1 is 0.294 bits per heavy atom. The van der Waals surface area contributed by atoms with Crippen LogP contribution in [0, 0.1) is 0 Å². The van der Waals surface area contributed by atoms with Crippen molar-refractivity contribution in [2.24, 2.45) is 0 Å². The molecule has 0 spiro atoms. The van der Waals surface area contributed by atoms with Gasteiger partial charge in [0.25, 0.3) is 0 Å². The van der Waals surface area contributed by atoms with Crippen molar-refractivity contribution in [3.8, 4) is 69.0 Å². The molecular weight excluding hydrogens is 865 g/mol. The number of hydrogen-bond acceptors (Lipinski definition) is 12. The smallest absolute Gasteiger partial charge is 0.135 e. The standard InChI is InChI=1S/C56H42O12/c57-35-10-4-29(5-11-35)54-50(33-19-38(60)23-39(61)20-33)49-32(18-42(64)26-47(49)67-54)3-1-28-2-16-46-44(17-28)52(56(66-46)31-8-14-37(59)15-9-31)45-25-43(65)27-48-53(45)51(34-21-40(62)24-41(63)22-34)55(68-48)30-6-12-36(58)13-7-30/h1-27,50-52,54-65H/t50-,51-,52-,54+,55+,56-/m0/s1. The van der Waals surface area contributed by atoms with Crippen LogP contribution in [0.5, 0.6) is 69.0 Å². The molecule has 0 fully saturated rings. The number of benzene rings is 8. The monoisotopic (exact) mass is 906 g/mol. The van der Waals surface area contributed by atoms with Gasteiger partial charge < -0.3 is 60.2 Å². The molecule has 3 aliphatic rings. The molecule has 3 heterocycles. The fourth-order valence-electron chi connectivity index (χ4n) is 10.2. The molecule has 3 aliphatic heterocycles. The number of rotatable bonds is 8. The number of fused-ring (bicyclic) bond motifs is 3. The Bertz CT molecular complexity index is 3250. The van der Waals surface area contributed by atoms with Gasteiger partial charge in [-0.2, -0.15) is 0 Å². The molecule has 0 aromatic heterocycles. The fourth-order valence-corrected chi connectivity index (χ4v) is 10.2. The van der Waals surface area contributed by atoms with Gasteiger partial charge in [0.2, 0.25) is 0 Å². The first kappa shape index (κ1) is 41.8. The van der Waals surface area contributed by atoms with Crippen molar-refractivity contribution in [3.05, 3.63) is 213 Å². The Labute approximate surface area is 389 Å². The fraction of sp³-hybridized carbons (Fsp3) is 0.107. The van der Waals surface area contributed by atoms with Gasteiger partial charge in [-0.25, -0.2) is 0 Å². The average molecular weight is 907 g/mol. The number of ether oxygens (including phenoxy) is 3. The minimum absolute atomic E-state index is 0.0494. The maximum atomic E-state index is 11.5. The van der Waals surface area contributed by atoms with Crippen LogP contribution < -0.4 is 14.2 Å². The highest BCUT2D eigenvalue weighted by molar-refractivity contribution is 5.76. The summed E-state index contributed by atoms with van der Waals surface area (Å²) in [5.41, 5.74) is 7.38. The minimum Gasteiger partial charge on any atom is -0.508 e. The summed E-state index contributed by atoms with van der Waals surface area (Å²) in [6, 6.07) is 40.7. The number of hydrogen-bond donors (Lipinski definition) is 9. The topological polar surface area (TPSA) is 210 Å².